The molecule has 1 aliphatic carbocycles. The highest BCUT2D eigenvalue weighted by molar-refractivity contribution is 5.90. The molecule has 0 atom stereocenters. The van der Waals surface area contributed by atoms with Crippen LogP contribution in [-0.2, 0) is 11.2 Å². The van der Waals surface area contributed by atoms with Gasteiger partial charge >= 0.3 is 0 Å². The lowest BCUT2D eigenvalue weighted by molar-refractivity contribution is -0.132. The molecule has 1 amide bonds. The Bertz CT molecular complexity index is 621. The zero-order valence-corrected chi connectivity index (χ0v) is 12.2. The van der Waals surface area contributed by atoms with Crippen LogP contribution in [0.3, 0.4) is 0 Å². The summed E-state index contributed by atoms with van der Waals surface area (Å²) in [7, 11) is 0. The van der Waals surface area contributed by atoms with E-state index in [4.69, 9.17) is 0 Å². The number of carbonyl (C=O) groups is 1. The van der Waals surface area contributed by atoms with Gasteiger partial charge in [-0.1, -0.05) is 42.5 Å². The molecule has 1 fully saturated rings. The third kappa shape index (κ3) is 2.55. The highest BCUT2D eigenvalue weighted by Crippen LogP contribution is 2.29. The minimum Gasteiger partial charge on any atom is -0.337 e. The number of fused-ring (bicyclic) bond motifs is 1. The van der Waals surface area contributed by atoms with Gasteiger partial charge in [0, 0.05) is 12.1 Å². The largest absolute Gasteiger partial charge is 0.337 e. The number of rotatable bonds is 4. The van der Waals surface area contributed by atoms with E-state index in [1.54, 1.807) is 0 Å². The summed E-state index contributed by atoms with van der Waals surface area (Å²) in [5.74, 6) is 0.263. The molecule has 1 saturated carbocycles. The van der Waals surface area contributed by atoms with Crippen LogP contribution < -0.4 is 0 Å². The maximum absolute atomic E-state index is 12.6. The first-order valence-electron chi connectivity index (χ1n) is 7.44. The van der Waals surface area contributed by atoms with Crippen molar-refractivity contribution >= 4 is 16.7 Å². The highest BCUT2D eigenvalue weighted by atomic mass is 16.2. The number of carbonyl (C=O) groups excluding carboxylic acids is 1. The van der Waals surface area contributed by atoms with Crippen molar-refractivity contribution in [3.63, 3.8) is 0 Å². The molecule has 0 aromatic heterocycles. The number of hydrogen-bond donors (Lipinski definition) is 0. The molecule has 3 rings (SSSR count). The highest BCUT2D eigenvalue weighted by Gasteiger charge is 2.34. The quantitative estimate of drug-likeness (QED) is 0.825. The van der Waals surface area contributed by atoms with Crippen molar-refractivity contribution in [2.45, 2.75) is 45.2 Å². The van der Waals surface area contributed by atoms with Crippen LogP contribution >= 0.6 is 0 Å². The van der Waals surface area contributed by atoms with Crippen molar-refractivity contribution < 1.29 is 4.79 Å². The van der Waals surface area contributed by atoms with Crippen LogP contribution in [0.4, 0.5) is 0 Å². The van der Waals surface area contributed by atoms with Crippen LogP contribution in [0.5, 0.6) is 0 Å². The van der Waals surface area contributed by atoms with Gasteiger partial charge in [0.05, 0.1) is 6.42 Å². The second-order valence-corrected chi connectivity index (χ2v) is 5.94. The van der Waals surface area contributed by atoms with Gasteiger partial charge in [0.1, 0.15) is 0 Å². The smallest absolute Gasteiger partial charge is 0.227 e. The monoisotopic (exact) mass is 267 g/mol. The van der Waals surface area contributed by atoms with E-state index in [-0.39, 0.29) is 5.91 Å². The van der Waals surface area contributed by atoms with Gasteiger partial charge in [-0.15, -0.1) is 0 Å². The number of benzene rings is 2. The third-order valence-electron chi connectivity index (χ3n) is 4.01. The average molecular weight is 267 g/mol. The molecule has 0 saturated heterocycles. The summed E-state index contributed by atoms with van der Waals surface area (Å²) in [5, 5.41) is 2.41. The van der Waals surface area contributed by atoms with E-state index in [1.807, 2.05) is 18.2 Å². The van der Waals surface area contributed by atoms with Gasteiger partial charge in [-0.25, -0.2) is 0 Å². The molecule has 0 heterocycles. The van der Waals surface area contributed by atoms with Gasteiger partial charge < -0.3 is 4.90 Å². The van der Waals surface area contributed by atoms with Crippen LogP contribution in [-0.4, -0.2) is 22.9 Å². The van der Waals surface area contributed by atoms with Crippen LogP contribution in [0.15, 0.2) is 42.5 Å². The zero-order chi connectivity index (χ0) is 14.1. The van der Waals surface area contributed by atoms with E-state index in [1.165, 1.54) is 23.6 Å². The van der Waals surface area contributed by atoms with Gasteiger partial charge in [-0.05, 0) is 43.0 Å². The summed E-state index contributed by atoms with van der Waals surface area (Å²) in [4.78, 5) is 14.7. The molecule has 2 aromatic carbocycles. The summed E-state index contributed by atoms with van der Waals surface area (Å²) < 4.78 is 0. The molecule has 1 aliphatic rings. The van der Waals surface area contributed by atoms with Gasteiger partial charge in [-0.3, -0.25) is 4.79 Å². The fourth-order valence-electron chi connectivity index (χ4n) is 2.97. The summed E-state index contributed by atoms with van der Waals surface area (Å²) >= 11 is 0. The first kappa shape index (κ1) is 13.2. The Labute approximate surface area is 120 Å². The lowest BCUT2D eigenvalue weighted by atomic mass is 10.0. The first-order chi connectivity index (χ1) is 9.66. The molecule has 0 aliphatic heterocycles. The fourth-order valence-corrected chi connectivity index (χ4v) is 2.97. The van der Waals surface area contributed by atoms with Crippen molar-refractivity contribution in [2.24, 2.45) is 0 Å². The molecule has 0 radical (unpaired) electrons. The third-order valence-corrected chi connectivity index (χ3v) is 4.01. The van der Waals surface area contributed by atoms with E-state index >= 15 is 0 Å². The molecule has 20 heavy (non-hydrogen) atoms. The first-order valence-corrected chi connectivity index (χ1v) is 7.44. The Morgan fingerprint density at radius 3 is 2.55 bits per heavy atom. The summed E-state index contributed by atoms with van der Waals surface area (Å²) in [6, 6.07) is 15.3. The SMILES string of the molecule is CC(C)N(C(=O)Cc1cccc2ccccc12)C1CC1. The number of hydrogen-bond acceptors (Lipinski definition) is 1. The Kier molecular flexibility index (Phi) is 3.47. The summed E-state index contributed by atoms with van der Waals surface area (Å²) in [6.45, 7) is 4.22. The molecular weight excluding hydrogens is 246 g/mol. The lowest BCUT2D eigenvalue weighted by Crippen LogP contribution is -2.39. The fraction of sp³-hybridized carbons (Fsp3) is 0.389. The van der Waals surface area contributed by atoms with E-state index in [0.717, 1.165) is 5.56 Å². The molecule has 2 aromatic rings. The van der Waals surface area contributed by atoms with Crippen LogP contribution in [0.1, 0.15) is 32.3 Å². The summed E-state index contributed by atoms with van der Waals surface area (Å²) in [5.41, 5.74) is 1.14. The molecule has 0 bridgehead atoms. The van der Waals surface area contributed by atoms with Gasteiger partial charge in [-0.2, -0.15) is 0 Å². The van der Waals surface area contributed by atoms with Crippen LogP contribution in [0.25, 0.3) is 10.8 Å². The van der Waals surface area contributed by atoms with Crippen molar-refractivity contribution in [2.75, 3.05) is 0 Å². The van der Waals surface area contributed by atoms with Crippen LogP contribution in [0, 0.1) is 0 Å². The predicted octanol–water partition coefficient (Wildman–Crippen LogP) is 3.78. The minimum absolute atomic E-state index is 0.263. The number of amides is 1. The molecule has 104 valence electrons. The Morgan fingerprint density at radius 1 is 1.15 bits per heavy atom. The van der Waals surface area contributed by atoms with E-state index < -0.39 is 0 Å². The van der Waals surface area contributed by atoms with Gasteiger partial charge in [0.2, 0.25) is 5.91 Å². The van der Waals surface area contributed by atoms with Crippen molar-refractivity contribution in [3.8, 4) is 0 Å². The topological polar surface area (TPSA) is 20.3 Å². The molecule has 0 N–H and O–H groups in total. The Hall–Kier alpha value is -1.83. The second-order valence-electron chi connectivity index (χ2n) is 5.94. The zero-order valence-electron chi connectivity index (χ0n) is 12.2. The Balaban J connectivity index is 1.87. The summed E-state index contributed by atoms with van der Waals surface area (Å²) in [6.07, 6.45) is 2.84. The maximum atomic E-state index is 12.6. The van der Waals surface area contributed by atoms with Gasteiger partial charge in [0.15, 0.2) is 0 Å². The van der Waals surface area contributed by atoms with Crippen LogP contribution in [0.2, 0.25) is 0 Å². The predicted molar refractivity (Wildman–Crippen MR) is 82.7 cm³/mol. The molecule has 0 unspecified atom stereocenters. The van der Waals surface area contributed by atoms with E-state index in [0.29, 0.717) is 18.5 Å². The molecule has 0 spiro atoms. The van der Waals surface area contributed by atoms with Gasteiger partial charge in [0.25, 0.3) is 0 Å². The standard InChI is InChI=1S/C18H21NO/c1-13(2)19(16-10-11-16)18(20)12-15-8-5-7-14-6-3-4-9-17(14)15/h3-9,13,16H,10-12H2,1-2H3. The van der Waals surface area contributed by atoms with E-state index in [9.17, 15) is 4.79 Å². The molecular formula is C18H21NO. The molecule has 2 heteroatoms. The average Bonchev–Trinajstić information content (AvgIpc) is 3.23. The maximum Gasteiger partial charge on any atom is 0.227 e. The number of nitrogens with zero attached hydrogens (tertiary/aromatic N) is 1. The van der Waals surface area contributed by atoms with Crippen molar-refractivity contribution in [1.29, 1.82) is 0 Å². The van der Waals surface area contributed by atoms with Crippen molar-refractivity contribution in [3.05, 3.63) is 48.0 Å². The lowest BCUT2D eigenvalue weighted by Gasteiger charge is -2.27. The van der Waals surface area contributed by atoms with E-state index in [2.05, 4.69) is 43.0 Å². The second kappa shape index (κ2) is 5.28. The minimum atomic E-state index is 0.263. The Morgan fingerprint density at radius 2 is 1.85 bits per heavy atom. The molecule has 2 nitrogen and oxygen atoms in total. The van der Waals surface area contributed by atoms with Crippen molar-refractivity contribution in [1.82, 2.24) is 4.90 Å². The normalized spacial score (nSPS) is 14.8.